The SMILES string of the molecule is O=C(NCCN1C(=O)S/C(=C/c2cccnc2)C1=O)C1=NN(c2ccccc2)C(=O)CC1. The van der Waals surface area contributed by atoms with Gasteiger partial charge in [0.25, 0.3) is 17.1 Å². The van der Waals surface area contributed by atoms with E-state index < -0.39 is 17.1 Å². The molecule has 0 bridgehead atoms. The fourth-order valence-corrected chi connectivity index (χ4v) is 4.04. The number of thioether (sulfide) groups is 1. The van der Waals surface area contributed by atoms with Crippen LogP contribution in [0.15, 0.2) is 64.9 Å². The van der Waals surface area contributed by atoms with E-state index in [4.69, 9.17) is 0 Å². The number of benzene rings is 1. The van der Waals surface area contributed by atoms with Crippen LogP contribution in [0.4, 0.5) is 10.5 Å². The van der Waals surface area contributed by atoms with Crippen molar-refractivity contribution in [1.29, 1.82) is 0 Å². The normalized spacial score (nSPS) is 17.7. The Bertz CT molecular complexity index is 1120. The Morgan fingerprint density at radius 2 is 1.91 bits per heavy atom. The molecule has 1 saturated heterocycles. The Hall–Kier alpha value is -3.79. The van der Waals surface area contributed by atoms with Crippen LogP contribution in [0.2, 0.25) is 0 Å². The number of aromatic nitrogens is 1. The van der Waals surface area contributed by atoms with Crippen molar-refractivity contribution in [2.24, 2.45) is 5.10 Å². The molecule has 2 aromatic rings. The van der Waals surface area contributed by atoms with Crippen molar-refractivity contribution >= 4 is 52.2 Å². The molecule has 0 spiro atoms. The van der Waals surface area contributed by atoms with Gasteiger partial charge in [0.2, 0.25) is 5.91 Å². The van der Waals surface area contributed by atoms with Gasteiger partial charge in [0, 0.05) is 38.3 Å². The fraction of sp³-hybridized carbons (Fsp3) is 0.182. The van der Waals surface area contributed by atoms with Gasteiger partial charge in [-0.2, -0.15) is 5.10 Å². The van der Waals surface area contributed by atoms with E-state index in [1.165, 1.54) is 5.01 Å². The van der Waals surface area contributed by atoms with Crippen molar-refractivity contribution in [3.8, 4) is 0 Å². The molecule has 0 atom stereocenters. The number of nitrogens with zero attached hydrogens (tertiary/aromatic N) is 4. The number of pyridine rings is 1. The van der Waals surface area contributed by atoms with Gasteiger partial charge in [-0.3, -0.25) is 29.1 Å². The largest absolute Gasteiger partial charge is 0.349 e. The summed E-state index contributed by atoms with van der Waals surface area (Å²) in [4.78, 5) is 54.9. The van der Waals surface area contributed by atoms with Crippen LogP contribution in [0.5, 0.6) is 0 Å². The lowest BCUT2D eigenvalue weighted by molar-refractivity contribution is -0.123. The number of rotatable bonds is 6. The van der Waals surface area contributed by atoms with E-state index in [9.17, 15) is 19.2 Å². The maximum atomic E-state index is 12.5. The van der Waals surface area contributed by atoms with Crippen LogP contribution in [0, 0.1) is 0 Å². The number of anilines is 1. The summed E-state index contributed by atoms with van der Waals surface area (Å²) < 4.78 is 0. The van der Waals surface area contributed by atoms with Crippen molar-refractivity contribution in [3.63, 3.8) is 0 Å². The molecule has 2 aliphatic rings. The molecule has 162 valence electrons. The first kappa shape index (κ1) is 21.4. The monoisotopic (exact) mass is 449 g/mol. The Kier molecular flexibility index (Phi) is 6.41. The van der Waals surface area contributed by atoms with Crippen LogP contribution in [0.25, 0.3) is 6.08 Å². The molecule has 4 rings (SSSR count). The van der Waals surface area contributed by atoms with Crippen molar-refractivity contribution in [3.05, 3.63) is 65.3 Å². The highest BCUT2D eigenvalue weighted by Gasteiger charge is 2.35. The highest BCUT2D eigenvalue weighted by molar-refractivity contribution is 8.18. The third kappa shape index (κ3) is 4.75. The van der Waals surface area contributed by atoms with Gasteiger partial charge in [0.1, 0.15) is 5.71 Å². The van der Waals surface area contributed by atoms with Gasteiger partial charge in [-0.05, 0) is 41.6 Å². The third-order valence-corrected chi connectivity index (χ3v) is 5.68. The van der Waals surface area contributed by atoms with Gasteiger partial charge in [-0.1, -0.05) is 24.3 Å². The van der Waals surface area contributed by atoms with Crippen LogP contribution >= 0.6 is 11.8 Å². The Balaban J connectivity index is 1.35. The molecule has 3 heterocycles. The Morgan fingerprint density at radius 3 is 2.66 bits per heavy atom. The molecule has 4 amide bonds. The predicted molar refractivity (Wildman–Crippen MR) is 121 cm³/mol. The van der Waals surface area contributed by atoms with Crippen LogP contribution in [-0.2, 0) is 14.4 Å². The second kappa shape index (κ2) is 9.56. The number of hydrogen-bond donors (Lipinski definition) is 1. The molecular formula is C22H19N5O4S. The molecule has 0 aliphatic carbocycles. The molecule has 10 heteroatoms. The van der Waals surface area contributed by atoms with Crippen LogP contribution in [0.1, 0.15) is 18.4 Å². The van der Waals surface area contributed by atoms with Gasteiger partial charge >= 0.3 is 0 Å². The molecule has 1 aromatic carbocycles. The van der Waals surface area contributed by atoms with Crippen molar-refractivity contribution in [2.45, 2.75) is 12.8 Å². The maximum absolute atomic E-state index is 12.5. The zero-order chi connectivity index (χ0) is 22.5. The molecular weight excluding hydrogens is 430 g/mol. The van der Waals surface area contributed by atoms with Crippen LogP contribution in [-0.4, -0.2) is 51.6 Å². The Morgan fingerprint density at radius 1 is 1.09 bits per heavy atom. The molecule has 0 radical (unpaired) electrons. The number of carbonyl (C=O) groups is 4. The summed E-state index contributed by atoms with van der Waals surface area (Å²) in [7, 11) is 0. The smallest absolute Gasteiger partial charge is 0.293 e. The lowest BCUT2D eigenvalue weighted by Gasteiger charge is -2.23. The van der Waals surface area contributed by atoms with E-state index >= 15 is 0 Å². The number of amides is 4. The predicted octanol–water partition coefficient (Wildman–Crippen LogP) is 2.42. The minimum atomic E-state index is -0.434. The number of imide groups is 1. The average molecular weight is 449 g/mol. The number of carbonyl (C=O) groups excluding carboxylic acids is 4. The van der Waals surface area contributed by atoms with E-state index in [0.717, 1.165) is 22.2 Å². The summed E-state index contributed by atoms with van der Waals surface area (Å²) in [5.74, 6) is -1.03. The molecule has 9 nitrogen and oxygen atoms in total. The highest BCUT2D eigenvalue weighted by Crippen LogP contribution is 2.31. The first-order chi connectivity index (χ1) is 15.5. The Labute approximate surface area is 188 Å². The molecule has 0 saturated carbocycles. The lowest BCUT2D eigenvalue weighted by Crippen LogP contribution is -2.42. The quantitative estimate of drug-likeness (QED) is 0.678. The minimum absolute atomic E-state index is 0.0371. The van der Waals surface area contributed by atoms with E-state index in [-0.39, 0.29) is 37.6 Å². The standard InChI is InChI=1S/C22H19N5O4S/c28-19-9-8-17(25-27(19)16-6-2-1-3-7-16)20(29)24-11-12-26-21(30)18(32-22(26)31)13-15-5-4-10-23-14-15/h1-7,10,13-14H,8-9,11-12H2,(H,24,29)/b18-13+. The second-order valence-electron chi connectivity index (χ2n) is 6.96. The first-order valence-corrected chi connectivity index (χ1v) is 10.7. The zero-order valence-electron chi connectivity index (χ0n) is 16.9. The second-order valence-corrected chi connectivity index (χ2v) is 7.96. The lowest BCUT2D eigenvalue weighted by atomic mass is 10.1. The van der Waals surface area contributed by atoms with Gasteiger partial charge in [0.15, 0.2) is 0 Å². The summed E-state index contributed by atoms with van der Waals surface area (Å²) in [6.45, 7) is 0.116. The molecule has 1 aromatic heterocycles. The van der Waals surface area contributed by atoms with Gasteiger partial charge in [0.05, 0.1) is 10.6 Å². The molecule has 1 fully saturated rings. The molecule has 2 aliphatic heterocycles. The van der Waals surface area contributed by atoms with Crippen LogP contribution < -0.4 is 10.3 Å². The topological polar surface area (TPSA) is 112 Å². The molecule has 0 unspecified atom stereocenters. The number of hydrogen-bond acceptors (Lipinski definition) is 7. The first-order valence-electron chi connectivity index (χ1n) is 9.92. The molecule has 1 N–H and O–H groups in total. The van der Waals surface area contributed by atoms with Gasteiger partial charge < -0.3 is 5.32 Å². The average Bonchev–Trinajstić information content (AvgIpc) is 3.08. The van der Waals surface area contributed by atoms with E-state index in [2.05, 4.69) is 15.4 Å². The van der Waals surface area contributed by atoms with E-state index in [0.29, 0.717) is 10.6 Å². The highest BCUT2D eigenvalue weighted by atomic mass is 32.2. The third-order valence-electron chi connectivity index (χ3n) is 4.77. The van der Waals surface area contributed by atoms with E-state index in [1.54, 1.807) is 54.9 Å². The summed E-state index contributed by atoms with van der Waals surface area (Å²) >= 11 is 0.852. The van der Waals surface area contributed by atoms with E-state index in [1.807, 2.05) is 6.07 Å². The number of nitrogens with one attached hydrogen (secondary N) is 1. The van der Waals surface area contributed by atoms with Crippen molar-refractivity contribution < 1.29 is 19.2 Å². The van der Waals surface area contributed by atoms with Crippen molar-refractivity contribution in [1.82, 2.24) is 15.2 Å². The summed E-state index contributed by atoms with van der Waals surface area (Å²) in [6, 6.07) is 12.4. The summed E-state index contributed by atoms with van der Waals surface area (Å²) in [6.07, 6.45) is 5.23. The van der Waals surface area contributed by atoms with Crippen molar-refractivity contribution in [2.75, 3.05) is 18.1 Å². The summed E-state index contributed by atoms with van der Waals surface area (Å²) in [5.41, 5.74) is 1.53. The van der Waals surface area contributed by atoms with Gasteiger partial charge in [-0.25, -0.2) is 5.01 Å². The summed E-state index contributed by atoms with van der Waals surface area (Å²) in [5, 5.41) is 7.70. The molecule has 32 heavy (non-hydrogen) atoms. The minimum Gasteiger partial charge on any atom is -0.349 e. The van der Waals surface area contributed by atoms with Gasteiger partial charge in [-0.15, -0.1) is 0 Å². The zero-order valence-corrected chi connectivity index (χ0v) is 17.7. The fourth-order valence-electron chi connectivity index (χ4n) is 3.18. The van der Waals surface area contributed by atoms with Crippen LogP contribution in [0.3, 0.4) is 0 Å². The number of para-hydroxylation sites is 1. The number of hydrazone groups is 1. The maximum Gasteiger partial charge on any atom is 0.293 e.